The van der Waals surface area contributed by atoms with Crippen LogP contribution in [0.4, 0.5) is 10.1 Å². The Morgan fingerprint density at radius 3 is 2.86 bits per heavy atom. The summed E-state index contributed by atoms with van der Waals surface area (Å²) in [5, 5.41) is 2.54. The van der Waals surface area contributed by atoms with Gasteiger partial charge < -0.3 is 9.88 Å². The van der Waals surface area contributed by atoms with E-state index in [4.69, 9.17) is 0 Å². The van der Waals surface area contributed by atoms with E-state index in [2.05, 4.69) is 20.3 Å². The molecule has 0 aliphatic rings. The second-order valence-corrected chi connectivity index (χ2v) is 4.22. The minimum Gasteiger partial charge on any atom is -0.319 e. The van der Waals surface area contributed by atoms with Crippen LogP contribution in [0.3, 0.4) is 0 Å². The second kappa shape index (κ2) is 5.49. The number of halogens is 1. The predicted octanol–water partition coefficient (Wildman–Crippen LogP) is 2.05. The molecule has 0 atom stereocenters. The number of carbonyl (C=O) groups is 1. The van der Waals surface area contributed by atoms with Crippen molar-refractivity contribution in [2.24, 2.45) is 0 Å². The Bertz CT molecular complexity index is 773. The summed E-state index contributed by atoms with van der Waals surface area (Å²) in [7, 11) is 0. The van der Waals surface area contributed by atoms with Gasteiger partial charge in [-0.3, -0.25) is 14.8 Å². The molecule has 0 spiro atoms. The van der Waals surface area contributed by atoms with Gasteiger partial charge in [-0.05, 0) is 12.1 Å². The molecule has 21 heavy (non-hydrogen) atoms. The Morgan fingerprint density at radius 2 is 2.10 bits per heavy atom. The van der Waals surface area contributed by atoms with Crippen molar-refractivity contribution in [2.75, 3.05) is 5.32 Å². The van der Waals surface area contributed by atoms with Gasteiger partial charge in [0.25, 0.3) is 5.91 Å². The molecule has 6 nitrogen and oxygen atoms in total. The van der Waals surface area contributed by atoms with Crippen molar-refractivity contribution in [3.05, 3.63) is 67.0 Å². The summed E-state index contributed by atoms with van der Waals surface area (Å²) in [6, 6.07) is 4.55. The third-order valence-electron chi connectivity index (χ3n) is 2.74. The largest absolute Gasteiger partial charge is 0.319 e. The number of carbonyl (C=O) groups excluding carboxylic acids is 1. The Hall–Kier alpha value is -3.09. The van der Waals surface area contributed by atoms with Crippen LogP contribution in [-0.2, 0) is 0 Å². The molecule has 0 aliphatic heterocycles. The number of nitrogens with one attached hydrogen (secondary N) is 1. The molecule has 0 aromatic carbocycles. The summed E-state index contributed by atoms with van der Waals surface area (Å²) in [4.78, 5) is 23.7. The molecule has 1 N–H and O–H groups in total. The van der Waals surface area contributed by atoms with Crippen LogP contribution in [0.1, 0.15) is 10.5 Å². The fraction of sp³-hybridized carbons (Fsp3) is 0. The Morgan fingerprint density at radius 1 is 1.19 bits per heavy atom. The number of hydrogen-bond donors (Lipinski definition) is 1. The topological polar surface area (TPSA) is 72.7 Å². The lowest BCUT2D eigenvalue weighted by atomic mass is 10.3. The van der Waals surface area contributed by atoms with Crippen LogP contribution in [0.25, 0.3) is 5.69 Å². The van der Waals surface area contributed by atoms with E-state index in [1.165, 1.54) is 18.5 Å². The van der Waals surface area contributed by atoms with E-state index in [9.17, 15) is 9.18 Å². The molecule has 1 amide bonds. The van der Waals surface area contributed by atoms with Crippen molar-refractivity contribution in [1.29, 1.82) is 0 Å². The van der Waals surface area contributed by atoms with Gasteiger partial charge in [-0.1, -0.05) is 0 Å². The molecule has 3 aromatic rings. The zero-order chi connectivity index (χ0) is 14.7. The quantitative estimate of drug-likeness (QED) is 0.798. The molecule has 0 unspecified atom stereocenters. The maximum atomic E-state index is 13.0. The normalized spacial score (nSPS) is 10.3. The zero-order valence-corrected chi connectivity index (χ0v) is 10.8. The van der Waals surface area contributed by atoms with E-state index < -0.39 is 11.7 Å². The number of rotatable bonds is 3. The average molecular weight is 283 g/mol. The van der Waals surface area contributed by atoms with Gasteiger partial charge in [0.05, 0.1) is 30.1 Å². The number of amides is 1. The van der Waals surface area contributed by atoms with Crippen LogP contribution < -0.4 is 5.32 Å². The molecule has 0 fully saturated rings. The first-order chi connectivity index (χ1) is 10.2. The first kappa shape index (κ1) is 12.9. The highest BCUT2D eigenvalue weighted by atomic mass is 19.1. The summed E-state index contributed by atoms with van der Waals surface area (Å²) in [6.07, 6.45) is 8.96. The maximum Gasteiger partial charge on any atom is 0.274 e. The Kier molecular flexibility index (Phi) is 3.38. The minimum absolute atomic E-state index is 0.213. The van der Waals surface area contributed by atoms with E-state index in [0.717, 1.165) is 11.9 Å². The molecule has 0 aliphatic carbocycles. The number of anilines is 1. The van der Waals surface area contributed by atoms with E-state index >= 15 is 0 Å². The lowest BCUT2D eigenvalue weighted by Crippen LogP contribution is -2.14. The van der Waals surface area contributed by atoms with Crippen LogP contribution in [0.2, 0.25) is 0 Å². The van der Waals surface area contributed by atoms with Crippen LogP contribution in [0, 0.1) is 5.82 Å². The van der Waals surface area contributed by atoms with Crippen LogP contribution in [-0.4, -0.2) is 25.4 Å². The molecule has 3 aromatic heterocycles. The van der Waals surface area contributed by atoms with Gasteiger partial charge in [0.2, 0.25) is 0 Å². The lowest BCUT2D eigenvalue weighted by molar-refractivity contribution is 0.102. The summed E-state index contributed by atoms with van der Waals surface area (Å²) >= 11 is 0. The van der Waals surface area contributed by atoms with Crippen molar-refractivity contribution in [2.45, 2.75) is 0 Å². The van der Waals surface area contributed by atoms with Crippen molar-refractivity contribution >= 4 is 11.6 Å². The fourth-order valence-electron chi connectivity index (χ4n) is 1.79. The summed E-state index contributed by atoms with van der Waals surface area (Å²) in [5.41, 5.74) is 1.24. The van der Waals surface area contributed by atoms with Crippen LogP contribution in [0.5, 0.6) is 0 Å². The maximum absolute atomic E-state index is 13.0. The van der Waals surface area contributed by atoms with Crippen LogP contribution >= 0.6 is 0 Å². The van der Waals surface area contributed by atoms with E-state index in [1.54, 1.807) is 35.4 Å². The molecule has 3 heterocycles. The van der Waals surface area contributed by atoms with Crippen molar-refractivity contribution in [1.82, 2.24) is 19.5 Å². The van der Waals surface area contributed by atoms with Crippen LogP contribution in [0.15, 0.2) is 55.5 Å². The molecule has 0 saturated carbocycles. The van der Waals surface area contributed by atoms with Gasteiger partial charge in [-0.25, -0.2) is 9.37 Å². The van der Waals surface area contributed by atoms with Gasteiger partial charge in [0.1, 0.15) is 11.5 Å². The van der Waals surface area contributed by atoms with Crippen molar-refractivity contribution < 1.29 is 9.18 Å². The molecule has 0 radical (unpaired) electrons. The fourth-order valence-corrected chi connectivity index (χ4v) is 1.79. The summed E-state index contributed by atoms with van der Waals surface area (Å²) < 4.78 is 14.8. The molecule has 104 valence electrons. The molecular formula is C14H10FN5O. The van der Waals surface area contributed by atoms with E-state index in [1.807, 2.05) is 0 Å². The zero-order valence-electron chi connectivity index (χ0n) is 10.8. The standard InChI is InChI=1S/C14H10FN5O/c15-10-5-11(8-17-7-10)19-14(21)13-6-12(1-2-18-13)20-4-3-16-9-20/h1-9H,(H,19,21). The first-order valence-corrected chi connectivity index (χ1v) is 6.09. The SMILES string of the molecule is O=C(Nc1cncc(F)c1)c1cc(-n2ccnc2)ccn1. The Balaban J connectivity index is 1.83. The lowest BCUT2D eigenvalue weighted by Gasteiger charge is -2.06. The summed E-state index contributed by atoms with van der Waals surface area (Å²) in [6.45, 7) is 0. The number of pyridine rings is 2. The van der Waals surface area contributed by atoms with E-state index in [0.29, 0.717) is 0 Å². The smallest absolute Gasteiger partial charge is 0.274 e. The van der Waals surface area contributed by atoms with Gasteiger partial charge in [0.15, 0.2) is 0 Å². The molecule has 0 saturated heterocycles. The highest BCUT2D eigenvalue weighted by Crippen LogP contribution is 2.11. The highest BCUT2D eigenvalue weighted by Gasteiger charge is 2.09. The van der Waals surface area contributed by atoms with E-state index in [-0.39, 0.29) is 11.4 Å². The number of aromatic nitrogens is 4. The first-order valence-electron chi connectivity index (χ1n) is 6.09. The van der Waals surface area contributed by atoms with Gasteiger partial charge in [-0.2, -0.15) is 0 Å². The van der Waals surface area contributed by atoms with Gasteiger partial charge in [-0.15, -0.1) is 0 Å². The number of hydrogen-bond acceptors (Lipinski definition) is 4. The molecule has 7 heteroatoms. The Labute approximate surface area is 119 Å². The monoisotopic (exact) mass is 283 g/mol. The second-order valence-electron chi connectivity index (χ2n) is 4.22. The van der Waals surface area contributed by atoms with Gasteiger partial charge >= 0.3 is 0 Å². The predicted molar refractivity (Wildman–Crippen MR) is 73.5 cm³/mol. The van der Waals surface area contributed by atoms with Crippen molar-refractivity contribution in [3.8, 4) is 5.69 Å². The molecular weight excluding hydrogens is 273 g/mol. The highest BCUT2D eigenvalue weighted by molar-refractivity contribution is 6.03. The molecule has 3 rings (SSSR count). The summed E-state index contributed by atoms with van der Waals surface area (Å²) in [5.74, 6) is -0.961. The van der Waals surface area contributed by atoms with Gasteiger partial charge in [0, 0.05) is 24.7 Å². The number of imidazole rings is 1. The minimum atomic E-state index is -0.520. The third-order valence-corrected chi connectivity index (χ3v) is 2.74. The third kappa shape index (κ3) is 2.92. The average Bonchev–Trinajstić information content (AvgIpc) is 3.02. The van der Waals surface area contributed by atoms with Crippen molar-refractivity contribution in [3.63, 3.8) is 0 Å². The molecule has 0 bridgehead atoms. The number of nitrogens with zero attached hydrogens (tertiary/aromatic N) is 4.